The molecule has 0 aromatic rings. The van der Waals surface area contributed by atoms with Crippen molar-refractivity contribution in [3.63, 3.8) is 0 Å². The second-order valence-corrected chi connectivity index (χ2v) is 2.11. The van der Waals surface area contributed by atoms with Crippen LogP contribution in [0.5, 0.6) is 0 Å². The van der Waals surface area contributed by atoms with Crippen molar-refractivity contribution in [3.8, 4) is 0 Å². The van der Waals surface area contributed by atoms with E-state index in [2.05, 4.69) is 0 Å². The molecule has 0 spiro atoms. The van der Waals surface area contributed by atoms with Crippen molar-refractivity contribution >= 4 is 24.2 Å². The van der Waals surface area contributed by atoms with Crippen LogP contribution in [0.15, 0.2) is 0 Å². The van der Waals surface area contributed by atoms with Crippen LogP contribution in [0.4, 0.5) is 14.4 Å². The van der Waals surface area contributed by atoms with Gasteiger partial charge in [-0.05, 0) is 0 Å². The third kappa shape index (κ3) is 3.38. The maximum absolute atomic E-state index is 10.4. The molecule has 0 aromatic carbocycles. The molecule has 0 aliphatic rings. The Morgan fingerprint density at radius 3 is 1.40 bits per heavy atom. The molecular formula is C5H6N2O8. The molecule has 0 fully saturated rings. The lowest BCUT2D eigenvalue weighted by Crippen LogP contribution is -2.53. The summed E-state index contributed by atoms with van der Waals surface area (Å²) in [6, 6.07) is 0. The molecule has 0 bridgehead atoms. The summed E-state index contributed by atoms with van der Waals surface area (Å²) in [5.74, 6) is -1.69. The minimum absolute atomic E-state index is 0.368. The second-order valence-electron chi connectivity index (χ2n) is 2.11. The Hall–Kier alpha value is -2.52. The van der Waals surface area contributed by atoms with E-state index in [9.17, 15) is 19.2 Å². The molecule has 4 N–H and O–H groups in total. The molecule has 0 aliphatic carbocycles. The number of amides is 3. The highest BCUT2D eigenvalue weighted by Crippen LogP contribution is 2.00. The molecule has 0 aromatic heterocycles. The number of hydrogen-bond donors (Lipinski definition) is 4. The largest absolute Gasteiger partial charge is 0.480 e. The molecule has 0 saturated carbocycles. The maximum Gasteiger partial charge on any atom is 0.436 e. The summed E-state index contributed by atoms with van der Waals surface area (Å²) in [5.41, 5.74) is 0. The van der Waals surface area contributed by atoms with Crippen LogP contribution in [0.1, 0.15) is 0 Å². The van der Waals surface area contributed by atoms with E-state index in [1.165, 1.54) is 0 Å². The van der Waals surface area contributed by atoms with E-state index in [4.69, 9.17) is 20.4 Å². The molecule has 84 valence electrons. The Morgan fingerprint density at radius 1 is 0.800 bits per heavy atom. The molecule has 15 heavy (non-hydrogen) atoms. The maximum atomic E-state index is 10.4. The van der Waals surface area contributed by atoms with Crippen molar-refractivity contribution < 1.29 is 39.6 Å². The first-order chi connectivity index (χ1) is 6.77. The van der Waals surface area contributed by atoms with Gasteiger partial charge >= 0.3 is 24.2 Å². The fraction of sp³-hybridized carbons (Fsp3) is 0.200. The Kier molecular flexibility index (Phi) is 3.86. The molecule has 3 amide bonds. The lowest BCUT2D eigenvalue weighted by atomic mass is 10.6. The SMILES string of the molecule is O=C(O)CN(C(=O)O)N(C(=O)O)C(=O)O. The number of imide groups is 1. The highest BCUT2D eigenvalue weighted by atomic mass is 16.5. The standard InChI is InChI=1S/C5H6N2O8/c8-2(9)1-6(3(10)11)7(4(12)13)5(14)15/h1H2,(H,8,9)(H,10,11)(H,12,13)(H,14,15). The first-order valence-electron chi connectivity index (χ1n) is 3.25. The van der Waals surface area contributed by atoms with Gasteiger partial charge in [-0.2, -0.15) is 5.01 Å². The molecule has 10 nitrogen and oxygen atoms in total. The number of hydrazine groups is 1. The molecule has 0 aliphatic heterocycles. The monoisotopic (exact) mass is 222 g/mol. The van der Waals surface area contributed by atoms with Crippen LogP contribution in [0.2, 0.25) is 0 Å². The number of hydrogen-bond acceptors (Lipinski definition) is 4. The van der Waals surface area contributed by atoms with Gasteiger partial charge in [-0.15, -0.1) is 5.01 Å². The van der Waals surface area contributed by atoms with E-state index in [1.54, 1.807) is 0 Å². The van der Waals surface area contributed by atoms with E-state index >= 15 is 0 Å². The third-order valence-corrected chi connectivity index (χ3v) is 1.11. The van der Waals surface area contributed by atoms with Crippen LogP contribution < -0.4 is 0 Å². The molecule has 0 heterocycles. The zero-order valence-corrected chi connectivity index (χ0v) is 7.02. The van der Waals surface area contributed by atoms with Gasteiger partial charge < -0.3 is 20.4 Å². The average molecular weight is 222 g/mol. The van der Waals surface area contributed by atoms with E-state index < -0.39 is 35.8 Å². The fourth-order valence-electron chi connectivity index (χ4n) is 0.640. The molecule has 0 rings (SSSR count). The number of carboxylic acid groups (broad SMARTS) is 4. The third-order valence-electron chi connectivity index (χ3n) is 1.11. The van der Waals surface area contributed by atoms with Crippen LogP contribution in [0.3, 0.4) is 0 Å². The lowest BCUT2D eigenvalue weighted by Gasteiger charge is -2.24. The second kappa shape index (κ2) is 4.64. The van der Waals surface area contributed by atoms with Crippen LogP contribution in [-0.4, -0.2) is 61.2 Å². The lowest BCUT2D eigenvalue weighted by molar-refractivity contribution is -0.140. The summed E-state index contributed by atoms with van der Waals surface area (Å²) in [4.78, 5) is 41.2. The van der Waals surface area contributed by atoms with Crippen molar-refractivity contribution in [3.05, 3.63) is 0 Å². The number of aliphatic carboxylic acids is 1. The van der Waals surface area contributed by atoms with Gasteiger partial charge in [-0.1, -0.05) is 0 Å². The summed E-state index contributed by atoms with van der Waals surface area (Å²) in [6.45, 7) is -1.30. The number of carbonyl (C=O) groups is 4. The van der Waals surface area contributed by atoms with Gasteiger partial charge in [0.25, 0.3) is 0 Å². The zero-order valence-electron chi connectivity index (χ0n) is 7.02. The van der Waals surface area contributed by atoms with Crippen molar-refractivity contribution in [2.45, 2.75) is 0 Å². The van der Waals surface area contributed by atoms with Crippen LogP contribution in [0, 0.1) is 0 Å². The smallest absolute Gasteiger partial charge is 0.436 e. The highest BCUT2D eigenvalue weighted by molar-refractivity contribution is 5.89. The number of carboxylic acids is 1. The van der Waals surface area contributed by atoms with Gasteiger partial charge in [0.05, 0.1) is 0 Å². The summed E-state index contributed by atoms with van der Waals surface area (Å²) < 4.78 is 0. The number of nitrogens with zero attached hydrogens (tertiary/aromatic N) is 2. The zero-order chi connectivity index (χ0) is 12.2. The van der Waals surface area contributed by atoms with Crippen LogP contribution in [0.25, 0.3) is 0 Å². The van der Waals surface area contributed by atoms with E-state index in [1.807, 2.05) is 0 Å². The Balaban J connectivity index is 5.01. The number of rotatable bonds is 2. The van der Waals surface area contributed by atoms with E-state index in [0.29, 0.717) is 0 Å². The molecule has 0 saturated heterocycles. The van der Waals surface area contributed by atoms with Crippen molar-refractivity contribution in [1.82, 2.24) is 10.0 Å². The molecule has 10 heteroatoms. The van der Waals surface area contributed by atoms with Gasteiger partial charge in [-0.25, -0.2) is 14.4 Å². The predicted octanol–water partition coefficient (Wildman–Crippen LogP) is -0.376. The summed E-state index contributed by atoms with van der Waals surface area (Å²) in [6.07, 6.45) is -6.25. The summed E-state index contributed by atoms with van der Waals surface area (Å²) in [5, 5.41) is 32.2. The minimum Gasteiger partial charge on any atom is -0.480 e. The summed E-state index contributed by atoms with van der Waals surface area (Å²) in [7, 11) is 0. The first kappa shape index (κ1) is 12.5. The van der Waals surface area contributed by atoms with E-state index in [-0.39, 0.29) is 5.01 Å². The predicted molar refractivity (Wildman–Crippen MR) is 40.3 cm³/mol. The molecule has 0 radical (unpaired) electrons. The summed E-state index contributed by atoms with van der Waals surface area (Å²) >= 11 is 0. The highest BCUT2D eigenvalue weighted by Gasteiger charge is 2.33. The fourth-order valence-corrected chi connectivity index (χ4v) is 0.640. The van der Waals surface area contributed by atoms with Crippen molar-refractivity contribution in [1.29, 1.82) is 0 Å². The van der Waals surface area contributed by atoms with Gasteiger partial charge in [-0.3, -0.25) is 4.79 Å². The van der Waals surface area contributed by atoms with Gasteiger partial charge in [0.1, 0.15) is 6.54 Å². The molecule has 0 unspecified atom stereocenters. The van der Waals surface area contributed by atoms with Gasteiger partial charge in [0.15, 0.2) is 0 Å². The van der Waals surface area contributed by atoms with Crippen molar-refractivity contribution in [2.75, 3.05) is 6.54 Å². The Bertz CT molecular complexity index is 298. The minimum atomic E-state index is -2.12. The Morgan fingerprint density at radius 2 is 1.20 bits per heavy atom. The average Bonchev–Trinajstić information content (AvgIpc) is 2.00. The topological polar surface area (TPSA) is 156 Å². The van der Waals surface area contributed by atoms with Crippen molar-refractivity contribution in [2.24, 2.45) is 0 Å². The van der Waals surface area contributed by atoms with Crippen LogP contribution in [-0.2, 0) is 4.79 Å². The van der Waals surface area contributed by atoms with Gasteiger partial charge in [0, 0.05) is 0 Å². The quantitative estimate of drug-likeness (QED) is 0.460. The Labute approximate surface area is 81.5 Å². The van der Waals surface area contributed by atoms with Crippen LogP contribution >= 0.6 is 0 Å². The van der Waals surface area contributed by atoms with E-state index in [0.717, 1.165) is 0 Å². The normalized spacial score (nSPS) is 9.07. The first-order valence-corrected chi connectivity index (χ1v) is 3.25. The molecular weight excluding hydrogens is 216 g/mol. The van der Waals surface area contributed by atoms with Gasteiger partial charge in [0.2, 0.25) is 0 Å². The molecule has 0 atom stereocenters.